The molecule has 2 rings (SSSR count). The van der Waals surface area contributed by atoms with Gasteiger partial charge in [-0.05, 0) is 19.8 Å². The summed E-state index contributed by atoms with van der Waals surface area (Å²) >= 11 is 0. The first-order valence-electron chi connectivity index (χ1n) is 6.27. The molecule has 0 aromatic heterocycles. The molecule has 0 spiro atoms. The third kappa shape index (κ3) is 2.55. The van der Waals surface area contributed by atoms with Gasteiger partial charge in [0.15, 0.2) is 0 Å². The minimum absolute atomic E-state index is 0.200. The Kier molecular flexibility index (Phi) is 3.50. The molecule has 0 bridgehead atoms. The van der Waals surface area contributed by atoms with E-state index in [1.54, 1.807) is 0 Å². The first kappa shape index (κ1) is 11.9. The average Bonchev–Trinajstić information content (AvgIpc) is 2.65. The van der Waals surface area contributed by atoms with Gasteiger partial charge in [0, 0.05) is 18.5 Å². The van der Waals surface area contributed by atoms with Gasteiger partial charge in [-0.15, -0.1) is 0 Å². The van der Waals surface area contributed by atoms with Gasteiger partial charge >= 0.3 is 0 Å². The van der Waals surface area contributed by atoms with Crippen LogP contribution in [0.5, 0.6) is 0 Å². The van der Waals surface area contributed by atoms with Gasteiger partial charge in [0.25, 0.3) is 0 Å². The number of rotatable bonds is 2. The van der Waals surface area contributed by atoms with Crippen molar-refractivity contribution in [2.45, 2.75) is 50.6 Å². The zero-order chi connectivity index (χ0) is 11.6. The van der Waals surface area contributed by atoms with Gasteiger partial charge in [-0.3, -0.25) is 4.79 Å². The lowest BCUT2D eigenvalue weighted by Crippen LogP contribution is -2.50. The topological polar surface area (TPSA) is 55.6 Å². The molecule has 0 unspecified atom stereocenters. The number of amides is 1. The van der Waals surface area contributed by atoms with Crippen LogP contribution in [-0.2, 0) is 9.53 Å². The number of carbonyl (C=O) groups excluding carboxylic acids is 1. The molecule has 2 aliphatic rings. The van der Waals surface area contributed by atoms with Crippen LogP contribution >= 0.6 is 0 Å². The van der Waals surface area contributed by atoms with Crippen LogP contribution in [0.2, 0.25) is 0 Å². The van der Waals surface area contributed by atoms with E-state index < -0.39 is 0 Å². The summed E-state index contributed by atoms with van der Waals surface area (Å²) in [5, 5.41) is 0. The summed E-state index contributed by atoms with van der Waals surface area (Å²) in [5.41, 5.74) is 6.01. The lowest BCUT2D eigenvalue weighted by Gasteiger charge is -2.35. The number of hydrogen-bond acceptors (Lipinski definition) is 3. The molecule has 1 saturated carbocycles. The van der Waals surface area contributed by atoms with Gasteiger partial charge in [-0.2, -0.15) is 0 Å². The van der Waals surface area contributed by atoms with Crippen LogP contribution < -0.4 is 5.73 Å². The van der Waals surface area contributed by atoms with Gasteiger partial charge in [0.2, 0.25) is 5.91 Å². The first-order chi connectivity index (χ1) is 7.61. The van der Waals surface area contributed by atoms with Crippen LogP contribution in [0.3, 0.4) is 0 Å². The number of carbonyl (C=O) groups is 1. The SMILES string of the molecule is C[C@@H]1COCCN1C(=O)CC1(N)CCCC1. The standard InChI is InChI=1S/C12H22N2O2/c1-10-9-16-7-6-14(10)11(15)8-12(13)4-2-3-5-12/h10H,2-9,13H2,1H3/t10-/m1/s1. The predicted molar refractivity (Wildman–Crippen MR) is 62.0 cm³/mol. The first-order valence-corrected chi connectivity index (χ1v) is 6.27. The molecule has 0 aromatic carbocycles. The van der Waals surface area contributed by atoms with Crippen molar-refractivity contribution >= 4 is 5.91 Å². The van der Waals surface area contributed by atoms with E-state index in [2.05, 4.69) is 0 Å². The molecule has 1 heterocycles. The van der Waals surface area contributed by atoms with Crippen LogP contribution in [0.1, 0.15) is 39.0 Å². The van der Waals surface area contributed by atoms with Crippen LogP contribution in [0.25, 0.3) is 0 Å². The van der Waals surface area contributed by atoms with Crippen molar-refractivity contribution in [3.05, 3.63) is 0 Å². The molecular formula is C12H22N2O2. The summed E-state index contributed by atoms with van der Waals surface area (Å²) in [7, 11) is 0. The molecule has 1 atom stereocenters. The third-order valence-electron chi connectivity index (χ3n) is 3.79. The Bertz CT molecular complexity index is 262. The monoisotopic (exact) mass is 226 g/mol. The Morgan fingerprint density at radius 3 is 2.81 bits per heavy atom. The summed E-state index contributed by atoms with van der Waals surface area (Å²) in [6.07, 6.45) is 4.84. The highest BCUT2D eigenvalue weighted by atomic mass is 16.5. The fraction of sp³-hybridized carbons (Fsp3) is 0.917. The molecule has 1 saturated heterocycles. The van der Waals surface area contributed by atoms with Crippen molar-refractivity contribution in [2.75, 3.05) is 19.8 Å². The second-order valence-corrected chi connectivity index (χ2v) is 5.26. The summed E-state index contributed by atoms with van der Waals surface area (Å²) in [5.74, 6) is 0.209. The summed E-state index contributed by atoms with van der Waals surface area (Å²) in [4.78, 5) is 14.1. The summed E-state index contributed by atoms with van der Waals surface area (Å²) in [6, 6.07) is 0.200. The quantitative estimate of drug-likeness (QED) is 0.761. The van der Waals surface area contributed by atoms with Crippen molar-refractivity contribution in [1.29, 1.82) is 0 Å². The molecule has 4 heteroatoms. The smallest absolute Gasteiger partial charge is 0.224 e. The van der Waals surface area contributed by atoms with Gasteiger partial charge < -0.3 is 15.4 Å². The van der Waals surface area contributed by atoms with Gasteiger partial charge in [-0.25, -0.2) is 0 Å². The molecule has 2 N–H and O–H groups in total. The van der Waals surface area contributed by atoms with Gasteiger partial charge in [0.05, 0.1) is 19.3 Å². The third-order valence-corrected chi connectivity index (χ3v) is 3.79. The van der Waals surface area contributed by atoms with E-state index in [4.69, 9.17) is 10.5 Å². The summed E-state index contributed by atoms with van der Waals surface area (Å²) < 4.78 is 5.33. The Morgan fingerprint density at radius 1 is 1.50 bits per heavy atom. The van der Waals surface area contributed by atoms with Crippen LogP contribution in [0.15, 0.2) is 0 Å². The Morgan fingerprint density at radius 2 is 2.19 bits per heavy atom. The van der Waals surface area contributed by atoms with Crippen LogP contribution in [0.4, 0.5) is 0 Å². The molecule has 0 radical (unpaired) electrons. The largest absolute Gasteiger partial charge is 0.377 e. The Labute approximate surface area is 97.1 Å². The zero-order valence-electron chi connectivity index (χ0n) is 10.1. The van der Waals surface area contributed by atoms with E-state index >= 15 is 0 Å². The minimum atomic E-state index is -0.227. The molecule has 16 heavy (non-hydrogen) atoms. The van der Waals surface area contributed by atoms with E-state index in [9.17, 15) is 4.79 Å². The van der Waals surface area contributed by atoms with Gasteiger partial charge in [-0.1, -0.05) is 12.8 Å². The lowest BCUT2D eigenvalue weighted by atomic mass is 9.93. The van der Waals surface area contributed by atoms with E-state index in [0.29, 0.717) is 19.6 Å². The number of nitrogens with zero attached hydrogens (tertiary/aromatic N) is 1. The highest BCUT2D eigenvalue weighted by Crippen LogP contribution is 2.30. The van der Waals surface area contributed by atoms with Crippen molar-refractivity contribution in [2.24, 2.45) is 5.73 Å². The van der Waals surface area contributed by atoms with Crippen molar-refractivity contribution in [3.8, 4) is 0 Å². The second-order valence-electron chi connectivity index (χ2n) is 5.26. The maximum Gasteiger partial charge on any atom is 0.224 e. The van der Waals surface area contributed by atoms with E-state index in [1.807, 2.05) is 11.8 Å². The number of hydrogen-bond donors (Lipinski definition) is 1. The number of nitrogens with two attached hydrogens (primary N) is 1. The predicted octanol–water partition coefficient (Wildman–Crippen LogP) is 0.895. The Balaban J connectivity index is 1.91. The highest BCUT2D eigenvalue weighted by molar-refractivity contribution is 5.78. The maximum absolute atomic E-state index is 12.2. The fourth-order valence-electron chi connectivity index (χ4n) is 2.76. The van der Waals surface area contributed by atoms with Crippen molar-refractivity contribution in [3.63, 3.8) is 0 Å². The van der Waals surface area contributed by atoms with Crippen molar-refractivity contribution in [1.82, 2.24) is 4.90 Å². The van der Waals surface area contributed by atoms with E-state index in [1.165, 1.54) is 12.8 Å². The average molecular weight is 226 g/mol. The summed E-state index contributed by atoms with van der Waals surface area (Å²) in [6.45, 7) is 4.07. The van der Waals surface area contributed by atoms with Crippen LogP contribution in [-0.4, -0.2) is 42.1 Å². The number of ether oxygens (including phenoxy) is 1. The molecule has 1 aliphatic heterocycles. The van der Waals surface area contributed by atoms with Gasteiger partial charge in [0.1, 0.15) is 0 Å². The molecule has 2 fully saturated rings. The van der Waals surface area contributed by atoms with Crippen LogP contribution in [0, 0.1) is 0 Å². The normalized spacial score (nSPS) is 29.4. The molecular weight excluding hydrogens is 204 g/mol. The maximum atomic E-state index is 12.2. The second kappa shape index (κ2) is 4.72. The molecule has 1 aliphatic carbocycles. The van der Waals surface area contributed by atoms with Crippen molar-refractivity contribution < 1.29 is 9.53 Å². The zero-order valence-corrected chi connectivity index (χ0v) is 10.1. The number of morpholine rings is 1. The fourth-order valence-corrected chi connectivity index (χ4v) is 2.76. The van der Waals surface area contributed by atoms with E-state index in [-0.39, 0.29) is 17.5 Å². The van der Waals surface area contributed by atoms with E-state index in [0.717, 1.165) is 19.4 Å². The molecule has 92 valence electrons. The highest BCUT2D eigenvalue weighted by Gasteiger charge is 2.34. The molecule has 1 amide bonds. The molecule has 0 aromatic rings. The lowest BCUT2D eigenvalue weighted by molar-refractivity contribution is -0.140. The molecule has 4 nitrogen and oxygen atoms in total. The Hall–Kier alpha value is -0.610. The minimum Gasteiger partial charge on any atom is -0.377 e.